The van der Waals surface area contributed by atoms with E-state index in [4.69, 9.17) is 5.73 Å². The van der Waals surface area contributed by atoms with Gasteiger partial charge >= 0.3 is 0 Å². The summed E-state index contributed by atoms with van der Waals surface area (Å²) in [5, 5.41) is 19.2. The van der Waals surface area contributed by atoms with Crippen LogP contribution in [0.15, 0.2) is 18.2 Å². The molecule has 0 radical (unpaired) electrons. The lowest BCUT2D eigenvalue weighted by Crippen LogP contribution is -2.08. The van der Waals surface area contributed by atoms with Gasteiger partial charge in [0.05, 0.1) is 11.3 Å². The third-order valence-corrected chi connectivity index (χ3v) is 4.02. The van der Waals surface area contributed by atoms with Crippen LogP contribution in [-0.4, -0.2) is 15.1 Å². The number of nitrogens with two attached hydrogens (primary N) is 1. The van der Waals surface area contributed by atoms with E-state index in [1.54, 1.807) is 0 Å². The van der Waals surface area contributed by atoms with Gasteiger partial charge in [0, 0.05) is 5.92 Å². The molecular formula is C16H15FN4O. The van der Waals surface area contributed by atoms with Crippen LogP contribution in [0.3, 0.4) is 0 Å². The van der Waals surface area contributed by atoms with Crippen LogP contribution in [0.1, 0.15) is 42.9 Å². The van der Waals surface area contributed by atoms with Gasteiger partial charge in [-0.1, -0.05) is 12.8 Å². The quantitative estimate of drug-likeness (QED) is 0.888. The van der Waals surface area contributed by atoms with Crippen molar-refractivity contribution in [3.63, 3.8) is 0 Å². The number of aromatic hydroxyl groups is 1. The molecular weight excluding hydrogens is 283 g/mol. The molecule has 2 aromatic rings. The molecule has 1 aromatic heterocycles. The van der Waals surface area contributed by atoms with Gasteiger partial charge in [0.2, 0.25) is 0 Å². The maximum atomic E-state index is 13.4. The molecule has 1 aliphatic rings. The standard InChI is InChI=1S/C16H15FN4O/c17-10-5-6-13(22)11(7-10)16-20-14(9-3-1-2-4-9)12(8-18)15(19)21-16/h5-7,9,22H,1-4H2,(H2,19,20,21). The molecule has 5 nitrogen and oxygen atoms in total. The van der Waals surface area contributed by atoms with Crippen molar-refractivity contribution in [2.24, 2.45) is 0 Å². The monoisotopic (exact) mass is 298 g/mol. The van der Waals surface area contributed by atoms with E-state index in [1.807, 2.05) is 0 Å². The first-order chi connectivity index (χ1) is 10.6. The topological polar surface area (TPSA) is 95.8 Å². The zero-order valence-corrected chi connectivity index (χ0v) is 11.9. The lowest BCUT2D eigenvalue weighted by atomic mass is 9.99. The summed E-state index contributed by atoms with van der Waals surface area (Å²) in [5.41, 5.74) is 6.94. The van der Waals surface area contributed by atoms with Crippen molar-refractivity contribution in [3.8, 4) is 23.2 Å². The van der Waals surface area contributed by atoms with E-state index >= 15 is 0 Å². The van der Waals surface area contributed by atoms with E-state index in [-0.39, 0.29) is 34.4 Å². The number of nitriles is 1. The molecule has 1 heterocycles. The first-order valence-corrected chi connectivity index (χ1v) is 7.16. The molecule has 0 amide bonds. The number of anilines is 1. The Bertz CT molecular complexity index is 763. The number of hydrogen-bond donors (Lipinski definition) is 2. The molecule has 6 heteroatoms. The molecule has 112 valence electrons. The Morgan fingerprint density at radius 2 is 2.00 bits per heavy atom. The number of rotatable bonds is 2. The van der Waals surface area contributed by atoms with Crippen LogP contribution in [0.2, 0.25) is 0 Å². The number of benzene rings is 1. The predicted octanol–water partition coefficient (Wildman–Crippen LogP) is 3.10. The van der Waals surface area contributed by atoms with Gasteiger partial charge in [-0.25, -0.2) is 14.4 Å². The summed E-state index contributed by atoms with van der Waals surface area (Å²) in [5.74, 6) is -0.243. The largest absolute Gasteiger partial charge is 0.507 e. The smallest absolute Gasteiger partial charge is 0.165 e. The maximum absolute atomic E-state index is 13.4. The third-order valence-electron chi connectivity index (χ3n) is 4.02. The highest BCUT2D eigenvalue weighted by Crippen LogP contribution is 2.37. The zero-order chi connectivity index (χ0) is 15.7. The number of nitrogen functional groups attached to an aromatic ring is 1. The van der Waals surface area contributed by atoms with E-state index in [0.717, 1.165) is 37.8 Å². The minimum Gasteiger partial charge on any atom is -0.507 e. The van der Waals surface area contributed by atoms with Gasteiger partial charge < -0.3 is 10.8 Å². The van der Waals surface area contributed by atoms with Crippen molar-refractivity contribution in [1.82, 2.24) is 9.97 Å². The Morgan fingerprint density at radius 3 is 2.68 bits per heavy atom. The van der Waals surface area contributed by atoms with Crippen LogP contribution >= 0.6 is 0 Å². The minimum absolute atomic E-state index is 0.0676. The van der Waals surface area contributed by atoms with E-state index in [1.165, 1.54) is 6.07 Å². The van der Waals surface area contributed by atoms with Gasteiger partial charge in [-0.05, 0) is 31.0 Å². The lowest BCUT2D eigenvalue weighted by Gasteiger charge is -2.14. The Labute approximate surface area is 127 Å². The second kappa shape index (κ2) is 5.60. The van der Waals surface area contributed by atoms with Crippen LogP contribution in [0.5, 0.6) is 5.75 Å². The third kappa shape index (κ3) is 2.46. The molecule has 0 atom stereocenters. The number of phenolic OH excluding ortho intramolecular Hbond substituents is 1. The average Bonchev–Trinajstić information content (AvgIpc) is 3.03. The Balaban J connectivity index is 2.17. The van der Waals surface area contributed by atoms with Crippen LogP contribution in [0, 0.1) is 17.1 Å². The van der Waals surface area contributed by atoms with Crippen LogP contribution in [0.4, 0.5) is 10.2 Å². The SMILES string of the molecule is N#Cc1c(N)nc(-c2cc(F)ccc2O)nc1C1CCCC1. The van der Waals surface area contributed by atoms with Gasteiger partial charge in [0.25, 0.3) is 0 Å². The second-order valence-corrected chi connectivity index (χ2v) is 5.45. The predicted molar refractivity (Wildman–Crippen MR) is 79.4 cm³/mol. The van der Waals surface area contributed by atoms with Gasteiger partial charge in [-0.3, -0.25) is 0 Å². The van der Waals surface area contributed by atoms with E-state index in [2.05, 4.69) is 16.0 Å². The molecule has 0 aliphatic heterocycles. The summed E-state index contributed by atoms with van der Waals surface area (Å²) in [7, 11) is 0. The molecule has 22 heavy (non-hydrogen) atoms. The summed E-state index contributed by atoms with van der Waals surface area (Å²) in [4.78, 5) is 8.48. The minimum atomic E-state index is -0.498. The number of nitrogens with zero attached hydrogens (tertiary/aromatic N) is 3. The highest BCUT2D eigenvalue weighted by atomic mass is 19.1. The average molecular weight is 298 g/mol. The van der Waals surface area contributed by atoms with Crippen molar-refractivity contribution in [1.29, 1.82) is 5.26 Å². The molecule has 3 rings (SSSR count). The summed E-state index contributed by atoms with van der Waals surface area (Å²) < 4.78 is 13.4. The Kier molecular flexibility index (Phi) is 3.63. The number of hydrogen-bond acceptors (Lipinski definition) is 5. The summed E-state index contributed by atoms with van der Waals surface area (Å²) in [6, 6.07) is 5.62. The molecule has 0 unspecified atom stereocenters. The zero-order valence-electron chi connectivity index (χ0n) is 11.9. The van der Waals surface area contributed by atoms with Crippen molar-refractivity contribution >= 4 is 5.82 Å². The molecule has 1 aromatic carbocycles. The molecule has 0 bridgehead atoms. The van der Waals surface area contributed by atoms with Crippen LogP contribution in [-0.2, 0) is 0 Å². The van der Waals surface area contributed by atoms with E-state index < -0.39 is 5.82 Å². The number of phenols is 1. The lowest BCUT2D eigenvalue weighted by molar-refractivity contribution is 0.474. The van der Waals surface area contributed by atoms with E-state index in [9.17, 15) is 14.8 Å². The first-order valence-electron chi connectivity index (χ1n) is 7.16. The highest BCUT2D eigenvalue weighted by Gasteiger charge is 2.25. The molecule has 0 saturated heterocycles. The first kappa shape index (κ1) is 14.3. The molecule has 1 aliphatic carbocycles. The molecule has 0 spiro atoms. The fourth-order valence-electron chi connectivity index (χ4n) is 2.91. The number of aromatic nitrogens is 2. The Hall–Kier alpha value is -2.68. The maximum Gasteiger partial charge on any atom is 0.165 e. The van der Waals surface area contributed by atoms with Crippen LogP contribution < -0.4 is 5.73 Å². The molecule has 3 N–H and O–H groups in total. The van der Waals surface area contributed by atoms with Crippen molar-refractivity contribution in [3.05, 3.63) is 35.3 Å². The highest BCUT2D eigenvalue weighted by molar-refractivity contribution is 5.67. The van der Waals surface area contributed by atoms with Gasteiger partial charge in [-0.2, -0.15) is 5.26 Å². The van der Waals surface area contributed by atoms with Crippen LogP contribution in [0.25, 0.3) is 11.4 Å². The molecule has 1 fully saturated rings. The van der Waals surface area contributed by atoms with Gasteiger partial charge in [0.1, 0.15) is 29.0 Å². The Morgan fingerprint density at radius 1 is 1.27 bits per heavy atom. The summed E-state index contributed by atoms with van der Waals surface area (Å²) in [6.45, 7) is 0. The van der Waals surface area contributed by atoms with E-state index in [0.29, 0.717) is 5.69 Å². The van der Waals surface area contributed by atoms with Crippen molar-refractivity contribution in [2.75, 3.05) is 5.73 Å². The fourth-order valence-corrected chi connectivity index (χ4v) is 2.91. The fraction of sp³-hybridized carbons (Fsp3) is 0.312. The molecule has 1 saturated carbocycles. The number of halogens is 1. The normalized spacial score (nSPS) is 14.9. The van der Waals surface area contributed by atoms with Gasteiger partial charge in [0.15, 0.2) is 5.82 Å². The summed E-state index contributed by atoms with van der Waals surface area (Å²) >= 11 is 0. The second-order valence-electron chi connectivity index (χ2n) is 5.45. The summed E-state index contributed by atoms with van der Waals surface area (Å²) in [6.07, 6.45) is 4.05. The van der Waals surface area contributed by atoms with Crippen molar-refractivity contribution in [2.45, 2.75) is 31.6 Å². The van der Waals surface area contributed by atoms with Gasteiger partial charge in [-0.15, -0.1) is 0 Å². The van der Waals surface area contributed by atoms with Crippen molar-refractivity contribution < 1.29 is 9.50 Å².